The van der Waals surface area contributed by atoms with Crippen LogP contribution in [0.15, 0.2) is 83.9 Å². The number of nitrogens with zero attached hydrogens (tertiary/aromatic N) is 1. The minimum atomic E-state index is -0.454. The first-order valence-corrected chi connectivity index (χ1v) is 9.66. The third-order valence-electron chi connectivity index (χ3n) is 4.48. The average molecular weight is 390 g/mol. The van der Waals surface area contributed by atoms with E-state index in [9.17, 15) is 0 Å². The molecule has 0 radical (unpaired) electrons. The van der Waals surface area contributed by atoms with Gasteiger partial charge in [-0.1, -0.05) is 72.3 Å². The summed E-state index contributed by atoms with van der Waals surface area (Å²) in [5.41, 5.74) is 4.59. The molecule has 0 unspecified atom stereocenters. The lowest BCUT2D eigenvalue weighted by molar-refractivity contribution is -0.182. The zero-order valence-corrected chi connectivity index (χ0v) is 16.1. The van der Waals surface area contributed by atoms with E-state index in [-0.39, 0.29) is 0 Å². The first-order valence-electron chi connectivity index (χ1n) is 9.28. The van der Waals surface area contributed by atoms with E-state index in [0.717, 1.165) is 34.4 Å². The van der Waals surface area contributed by atoms with Crippen molar-refractivity contribution in [2.75, 3.05) is 13.2 Å². The van der Waals surface area contributed by atoms with Crippen LogP contribution in [-0.2, 0) is 9.47 Å². The van der Waals surface area contributed by atoms with Crippen LogP contribution in [0.3, 0.4) is 0 Å². The molecule has 0 bridgehead atoms. The summed E-state index contributed by atoms with van der Waals surface area (Å²) in [5, 5.41) is 0.627. The summed E-state index contributed by atoms with van der Waals surface area (Å²) in [7, 11) is 0. The first kappa shape index (κ1) is 18.7. The summed E-state index contributed by atoms with van der Waals surface area (Å²) in [6, 6.07) is 25.8. The third kappa shape index (κ3) is 4.41. The van der Waals surface area contributed by atoms with Crippen LogP contribution in [0, 0.1) is 0 Å². The van der Waals surface area contributed by atoms with Crippen molar-refractivity contribution in [2.45, 2.75) is 12.7 Å². The van der Waals surface area contributed by atoms with E-state index in [1.807, 2.05) is 54.6 Å². The minimum absolute atomic E-state index is 0.454. The van der Waals surface area contributed by atoms with Gasteiger partial charge in [0.2, 0.25) is 0 Å². The van der Waals surface area contributed by atoms with E-state index < -0.39 is 6.29 Å². The van der Waals surface area contributed by atoms with Crippen molar-refractivity contribution in [1.29, 1.82) is 0 Å². The Morgan fingerprint density at radius 1 is 0.857 bits per heavy atom. The molecule has 0 amide bonds. The molecule has 0 aliphatic carbocycles. The van der Waals surface area contributed by atoms with Gasteiger partial charge in [-0.05, 0) is 41.6 Å². The largest absolute Gasteiger partial charge is 0.348 e. The lowest BCUT2D eigenvalue weighted by Crippen LogP contribution is -2.17. The van der Waals surface area contributed by atoms with Gasteiger partial charge in [-0.2, -0.15) is 0 Å². The van der Waals surface area contributed by atoms with Gasteiger partial charge in [0.15, 0.2) is 6.29 Å². The Morgan fingerprint density at radius 2 is 1.46 bits per heavy atom. The number of rotatable bonds is 4. The molecule has 0 N–H and O–H groups in total. The Labute approximate surface area is 169 Å². The molecule has 28 heavy (non-hydrogen) atoms. The smallest absolute Gasteiger partial charge is 0.185 e. The van der Waals surface area contributed by atoms with Gasteiger partial charge in [0.05, 0.1) is 24.5 Å². The van der Waals surface area contributed by atoms with Crippen molar-refractivity contribution < 1.29 is 9.47 Å². The van der Waals surface area contributed by atoms with Crippen LogP contribution in [-0.4, -0.2) is 19.1 Å². The van der Waals surface area contributed by atoms with Gasteiger partial charge in [0.1, 0.15) is 0 Å². The molecule has 0 atom stereocenters. The fraction of sp³-hybridized carbons (Fsp3) is 0.167. The van der Waals surface area contributed by atoms with Crippen LogP contribution in [0.2, 0.25) is 5.02 Å². The van der Waals surface area contributed by atoms with Crippen molar-refractivity contribution in [3.8, 4) is 0 Å². The van der Waals surface area contributed by atoms with Crippen LogP contribution in [0.25, 0.3) is 5.57 Å². The summed E-state index contributed by atoms with van der Waals surface area (Å²) < 4.78 is 11.5. The predicted octanol–water partition coefficient (Wildman–Crippen LogP) is 6.21. The fourth-order valence-corrected chi connectivity index (χ4v) is 3.29. The molecule has 0 aromatic heterocycles. The normalized spacial score (nSPS) is 14.3. The van der Waals surface area contributed by atoms with Gasteiger partial charge in [-0.25, -0.2) is 4.99 Å². The van der Waals surface area contributed by atoms with Crippen LogP contribution in [0.4, 0.5) is 5.69 Å². The summed E-state index contributed by atoms with van der Waals surface area (Å²) in [6.07, 6.45) is 0.437. The van der Waals surface area contributed by atoms with Crippen LogP contribution >= 0.6 is 11.6 Å². The average Bonchev–Trinajstić information content (AvgIpc) is 2.77. The number of aliphatic imine (C=N–C) groups is 1. The van der Waals surface area contributed by atoms with Gasteiger partial charge >= 0.3 is 0 Å². The number of halogens is 1. The fourth-order valence-electron chi connectivity index (χ4n) is 3.10. The first-order chi connectivity index (χ1) is 13.8. The molecule has 1 saturated heterocycles. The second-order valence-corrected chi connectivity index (χ2v) is 6.90. The highest BCUT2D eigenvalue weighted by Crippen LogP contribution is 2.33. The molecule has 1 heterocycles. The molecule has 140 valence electrons. The SMILES string of the molecule is Clc1ccc(N=C=C(c2ccccc2)c2ccccc2)c(C2OCCCO2)c1. The highest BCUT2D eigenvalue weighted by Gasteiger charge is 2.20. The van der Waals surface area contributed by atoms with Crippen molar-refractivity contribution in [3.63, 3.8) is 0 Å². The van der Waals surface area contributed by atoms with Crippen LogP contribution < -0.4 is 0 Å². The Bertz CT molecular complexity index is 948. The molecule has 3 nitrogen and oxygen atoms in total. The summed E-state index contributed by atoms with van der Waals surface area (Å²) in [5.74, 6) is 3.26. The minimum Gasteiger partial charge on any atom is -0.348 e. The Hall–Kier alpha value is -2.68. The number of hydrogen-bond acceptors (Lipinski definition) is 3. The third-order valence-corrected chi connectivity index (χ3v) is 4.72. The number of hydrogen-bond donors (Lipinski definition) is 0. The topological polar surface area (TPSA) is 30.8 Å². The predicted molar refractivity (Wildman–Crippen MR) is 113 cm³/mol. The van der Waals surface area contributed by atoms with Gasteiger partial charge in [0, 0.05) is 10.6 Å². The van der Waals surface area contributed by atoms with Gasteiger partial charge in [-0.3, -0.25) is 0 Å². The molecule has 1 aliphatic rings. The van der Waals surface area contributed by atoms with Crippen LogP contribution in [0.1, 0.15) is 29.4 Å². The number of benzene rings is 3. The summed E-state index contributed by atoms with van der Waals surface area (Å²) in [6.45, 7) is 1.32. The second kappa shape index (κ2) is 9.01. The monoisotopic (exact) mass is 389 g/mol. The van der Waals surface area contributed by atoms with E-state index in [2.05, 4.69) is 35.1 Å². The Kier molecular flexibility index (Phi) is 6.01. The molecule has 1 aliphatic heterocycles. The van der Waals surface area contributed by atoms with Crippen LogP contribution in [0.5, 0.6) is 0 Å². The maximum Gasteiger partial charge on any atom is 0.185 e. The van der Waals surface area contributed by atoms with E-state index in [1.54, 1.807) is 0 Å². The second-order valence-electron chi connectivity index (χ2n) is 6.46. The Morgan fingerprint density at radius 3 is 2.07 bits per heavy atom. The molecule has 4 rings (SSSR count). The maximum atomic E-state index is 6.21. The highest BCUT2D eigenvalue weighted by atomic mass is 35.5. The molecule has 3 aromatic carbocycles. The molecule has 0 spiro atoms. The van der Waals surface area contributed by atoms with Crippen molar-refractivity contribution >= 4 is 28.7 Å². The maximum absolute atomic E-state index is 6.21. The van der Waals surface area contributed by atoms with Crippen molar-refractivity contribution in [1.82, 2.24) is 0 Å². The van der Waals surface area contributed by atoms with Crippen molar-refractivity contribution in [3.05, 3.63) is 101 Å². The molecule has 0 saturated carbocycles. The van der Waals surface area contributed by atoms with Crippen molar-refractivity contribution in [2.24, 2.45) is 4.99 Å². The molecule has 4 heteroatoms. The van der Waals surface area contributed by atoms with Gasteiger partial charge in [0.25, 0.3) is 0 Å². The lowest BCUT2D eigenvalue weighted by Gasteiger charge is -2.24. The number of ether oxygens (including phenoxy) is 2. The molecule has 3 aromatic rings. The molecular weight excluding hydrogens is 370 g/mol. The molecule has 1 fully saturated rings. The van der Waals surface area contributed by atoms with E-state index in [4.69, 9.17) is 21.1 Å². The van der Waals surface area contributed by atoms with E-state index >= 15 is 0 Å². The zero-order valence-electron chi connectivity index (χ0n) is 15.3. The molecular formula is C24H20ClNO2. The highest BCUT2D eigenvalue weighted by molar-refractivity contribution is 6.30. The van der Waals surface area contributed by atoms with E-state index in [1.165, 1.54) is 0 Å². The summed E-state index contributed by atoms with van der Waals surface area (Å²) >= 11 is 6.21. The summed E-state index contributed by atoms with van der Waals surface area (Å²) in [4.78, 5) is 4.67. The van der Waals surface area contributed by atoms with E-state index in [0.29, 0.717) is 18.2 Å². The standard InChI is InChI=1S/C24H20ClNO2/c25-20-12-13-23(21(16-20)24-27-14-7-15-28-24)26-17-22(18-8-3-1-4-9-18)19-10-5-2-6-11-19/h1-6,8-13,16,24H,7,14-15H2. The van der Waals surface area contributed by atoms with Gasteiger partial charge < -0.3 is 9.47 Å². The van der Waals surface area contributed by atoms with Gasteiger partial charge in [-0.15, -0.1) is 0 Å². The lowest BCUT2D eigenvalue weighted by atomic mass is 9.99. The zero-order chi connectivity index (χ0) is 19.2. The quantitative estimate of drug-likeness (QED) is 0.497. The Balaban J connectivity index is 1.81.